The van der Waals surface area contributed by atoms with Crippen LogP contribution < -0.4 is 10.6 Å². The van der Waals surface area contributed by atoms with Crippen LogP contribution in [0.1, 0.15) is 44.9 Å². The Kier molecular flexibility index (Phi) is 10.5. The molecule has 0 aromatic rings. The molecule has 1 atom stereocenters. The molecule has 2 N–H and O–H groups in total. The number of aliphatic imine (C=N–C) groups is 1. The molecule has 0 bridgehead atoms. The number of piperidine rings is 1. The first-order valence-electron chi connectivity index (χ1n) is 9.29. The average Bonchev–Trinajstić information content (AvgIpc) is 3.02. The third kappa shape index (κ3) is 7.04. The van der Waals surface area contributed by atoms with Crippen molar-refractivity contribution >= 4 is 29.9 Å². The lowest BCUT2D eigenvalue weighted by atomic mass is 9.83. The Morgan fingerprint density at radius 1 is 1.25 bits per heavy atom. The second-order valence-corrected chi connectivity index (χ2v) is 7.53. The average molecular weight is 452 g/mol. The van der Waals surface area contributed by atoms with Gasteiger partial charge < -0.3 is 20.3 Å². The predicted octanol–water partition coefficient (Wildman–Crippen LogP) is 2.71. The topological polar surface area (TPSA) is 48.9 Å². The molecule has 2 rings (SSSR count). The molecule has 1 aliphatic carbocycles. The molecule has 24 heavy (non-hydrogen) atoms. The summed E-state index contributed by atoms with van der Waals surface area (Å²) in [5.74, 6) is 1.70. The molecule has 0 aromatic carbocycles. The predicted molar refractivity (Wildman–Crippen MR) is 112 cm³/mol. The number of rotatable bonds is 7. The van der Waals surface area contributed by atoms with Gasteiger partial charge in [-0.1, -0.05) is 12.8 Å². The molecule has 0 aromatic heterocycles. The Balaban J connectivity index is 0.00000288. The molecule has 0 amide bonds. The van der Waals surface area contributed by atoms with Gasteiger partial charge in [0.25, 0.3) is 0 Å². The zero-order valence-electron chi connectivity index (χ0n) is 15.8. The Hall–Kier alpha value is -0.0800. The molecule has 1 saturated carbocycles. The van der Waals surface area contributed by atoms with Crippen LogP contribution in [0, 0.1) is 11.3 Å². The van der Waals surface area contributed by atoms with Crippen LogP contribution in [-0.4, -0.2) is 64.9 Å². The minimum Gasteiger partial charge on any atom is -0.385 e. The summed E-state index contributed by atoms with van der Waals surface area (Å²) in [7, 11) is 5.90. The Labute approximate surface area is 165 Å². The van der Waals surface area contributed by atoms with Gasteiger partial charge >= 0.3 is 0 Å². The zero-order valence-corrected chi connectivity index (χ0v) is 18.1. The summed E-state index contributed by atoms with van der Waals surface area (Å²) in [5.41, 5.74) is 0.401. The van der Waals surface area contributed by atoms with E-state index >= 15 is 0 Å². The number of guanidine groups is 1. The second-order valence-electron chi connectivity index (χ2n) is 7.53. The third-order valence-electron chi connectivity index (χ3n) is 5.64. The van der Waals surface area contributed by atoms with Crippen LogP contribution in [0.25, 0.3) is 0 Å². The van der Waals surface area contributed by atoms with Crippen LogP contribution in [0.3, 0.4) is 0 Å². The van der Waals surface area contributed by atoms with E-state index in [0.717, 1.165) is 38.0 Å². The second kappa shape index (κ2) is 11.5. The number of hydrogen-bond donors (Lipinski definition) is 2. The van der Waals surface area contributed by atoms with E-state index in [2.05, 4.69) is 27.6 Å². The van der Waals surface area contributed by atoms with Crippen molar-refractivity contribution in [2.45, 2.75) is 44.9 Å². The quantitative estimate of drug-likeness (QED) is 0.354. The maximum atomic E-state index is 5.32. The van der Waals surface area contributed by atoms with Crippen LogP contribution in [0.15, 0.2) is 4.99 Å². The van der Waals surface area contributed by atoms with E-state index in [1.165, 1.54) is 51.6 Å². The Bertz CT molecular complexity index is 372. The van der Waals surface area contributed by atoms with E-state index in [1.807, 2.05) is 7.05 Å². The number of likely N-dealkylation sites (tertiary alicyclic amines) is 1. The normalized spacial score (nSPS) is 24.5. The summed E-state index contributed by atoms with van der Waals surface area (Å²) in [6, 6.07) is 0. The molecule has 5 nitrogen and oxygen atoms in total. The summed E-state index contributed by atoms with van der Waals surface area (Å²) in [6.45, 7) is 5.34. The number of ether oxygens (including phenoxy) is 1. The number of hydrogen-bond acceptors (Lipinski definition) is 3. The number of nitrogens with zero attached hydrogens (tertiary/aromatic N) is 2. The van der Waals surface area contributed by atoms with Crippen LogP contribution in [0.4, 0.5) is 0 Å². The van der Waals surface area contributed by atoms with Gasteiger partial charge in [-0.25, -0.2) is 0 Å². The minimum atomic E-state index is 0. The monoisotopic (exact) mass is 452 g/mol. The number of nitrogens with one attached hydrogen (secondary N) is 2. The van der Waals surface area contributed by atoms with Crippen molar-refractivity contribution in [2.24, 2.45) is 16.3 Å². The van der Waals surface area contributed by atoms with E-state index in [4.69, 9.17) is 4.74 Å². The van der Waals surface area contributed by atoms with Crippen molar-refractivity contribution < 1.29 is 4.74 Å². The van der Waals surface area contributed by atoms with E-state index < -0.39 is 0 Å². The molecule has 0 spiro atoms. The Morgan fingerprint density at radius 2 is 2.00 bits per heavy atom. The van der Waals surface area contributed by atoms with E-state index in [0.29, 0.717) is 5.41 Å². The molecule has 1 aliphatic heterocycles. The summed E-state index contributed by atoms with van der Waals surface area (Å²) < 4.78 is 5.32. The first kappa shape index (κ1) is 22.0. The smallest absolute Gasteiger partial charge is 0.191 e. The van der Waals surface area contributed by atoms with Gasteiger partial charge in [0.15, 0.2) is 5.96 Å². The molecule has 2 aliphatic rings. The molecule has 0 radical (unpaired) electrons. The van der Waals surface area contributed by atoms with E-state index in [1.54, 1.807) is 7.11 Å². The van der Waals surface area contributed by atoms with Gasteiger partial charge in [-0.15, -0.1) is 24.0 Å². The van der Waals surface area contributed by atoms with Crippen molar-refractivity contribution in [3.8, 4) is 0 Å². The fraction of sp³-hybridized carbons (Fsp3) is 0.944. The van der Waals surface area contributed by atoms with Gasteiger partial charge in [-0.2, -0.15) is 0 Å². The van der Waals surface area contributed by atoms with Crippen molar-refractivity contribution in [2.75, 3.05) is 54.0 Å². The fourth-order valence-electron chi connectivity index (χ4n) is 4.13. The highest BCUT2D eigenvalue weighted by atomic mass is 127. The SMILES string of the molecule is CN=C(NCC1CCCN(C)C1)NCC1(CCOC)CCCC1.I. The minimum absolute atomic E-state index is 0. The standard InChI is InChI=1S/C18H36N4O.HI/c1-19-17(20-13-16-7-6-11-22(2)14-16)21-15-18(10-12-23-3)8-4-5-9-18;/h16H,4-15H2,1-3H3,(H2,19,20,21);1H. The number of halogens is 1. The molecule has 2 fully saturated rings. The van der Waals surface area contributed by atoms with Gasteiger partial charge in [0.2, 0.25) is 0 Å². The molecule has 142 valence electrons. The molecule has 1 unspecified atom stereocenters. The lowest BCUT2D eigenvalue weighted by molar-refractivity contribution is 0.138. The Morgan fingerprint density at radius 3 is 2.62 bits per heavy atom. The first-order valence-corrected chi connectivity index (χ1v) is 9.29. The van der Waals surface area contributed by atoms with E-state index in [9.17, 15) is 0 Å². The highest BCUT2D eigenvalue weighted by Gasteiger charge is 2.33. The zero-order chi connectivity index (χ0) is 16.5. The lowest BCUT2D eigenvalue weighted by Crippen LogP contribution is -2.46. The van der Waals surface area contributed by atoms with Gasteiger partial charge in [-0.3, -0.25) is 4.99 Å². The van der Waals surface area contributed by atoms with Crippen molar-refractivity contribution in [3.63, 3.8) is 0 Å². The van der Waals surface area contributed by atoms with Crippen LogP contribution in [-0.2, 0) is 4.74 Å². The summed E-state index contributed by atoms with van der Waals surface area (Å²) in [5, 5.41) is 7.12. The molecular formula is C18H37IN4O. The molecule has 1 saturated heterocycles. The highest BCUT2D eigenvalue weighted by molar-refractivity contribution is 14.0. The van der Waals surface area contributed by atoms with Crippen molar-refractivity contribution in [1.29, 1.82) is 0 Å². The van der Waals surface area contributed by atoms with E-state index in [-0.39, 0.29) is 24.0 Å². The van der Waals surface area contributed by atoms with Gasteiger partial charge in [0.05, 0.1) is 0 Å². The fourth-order valence-corrected chi connectivity index (χ4v) is 4.13. The van der Waals surface area contributed by atoms with Crippen LogP contribution >= 0.6 is 24.0 Å². The van der Waals surface area contributed by atoms with Gasteiger partial charge in [0, 0.05) is 40.4 Å². The van der Waals surface area contributed by atoms with Gasteiger partial charge in [-0.05, 0) is 57.0 Å². The third-order valence-corrected chi connectivity index (χ3v) is 5.64. The maximum absolute atomic E-state index is 5.32. The maximum Gasteiger partial charge on any atom is 0.191 e. The lowest BCUT2D eigenvalue weighted by Gasteiger charge is -2.32. The molecular weight excluding hydrogens is 415 g/mol. The number of methoxy groups -OCH3 is 1. The highest BCUT2D eigenvalue weighted by Crippen LogP contribution is 2.40. The molecule has 6 heteroatoms. The van der Waals surface area contributed by atoms with Crippen molar-refractivity contribution in [1.82, 2.24) is 15.5 Å². The van der Waals surface area contributed by atoms with Crippen LogP contribution in [0.2, 0.25) is 0 Å². The summed E-state index contributed by atoms with van der Waals surface area (Å²) >= 11 is 0. The summed E-state index contributed by atoms with van der Waals surface area (Å²) in [4.78, 5) is 6.85. The largest absolute Gasteiger partial charge is 0.385 e. The molecule has 1 heterocycles. The first-order chi connectivity index (χ1) is 11.2. The summed E-state index contributed by atoms with van der Waals surface area (Å²) in [6.07, 6.45) is 9.13. The van der Waals surface area contributed by atoms with Crippen molar-refractivity contribution in [3.05, 3.63) is 0 Å². The van der Waals surface area contributed by atoms with Gasteiger partial charge in [0.1, 0.15) is 0 Å². The van der Waals surface area contributed by atoms with Crippen LogP contribution in [0.5, 0.6) is 0 Å².